The van der Waals surface area contributed by atoms with E-state index < -0.39 is 0 Å². The van der Waals surface area contributed by atoms with E-state index in [-0.39, 0.29) is 12.2 Å². The molecular weight excluding hydrogens is 361 g/mol. The normalized spacial score (nSPS) is 24.6. The maximum absolute atomic E-state index is 6.06. The summed E-state index contributed by atoms with van der Waals surface area (Å²) in [5.41, 5.74) is 1.11. The quantitative estimate of drug-likeness (QED) is 0.639. The lowest BCUT2D eigenvalue weighted by molar-refractivity contribution is -0.0816. The number of aliphatic imine (C=N–C) groups is 1. The van der Waals surface area contributed by atoms with E-state index in [1.807, 2.05) is 19.2 Å². The number of nitrogens with one attached hydrogen (secondary N) is 1. The second kappa shape index (κ2) is 9.08. The fraction of sp³-hybridized carbons (Fsp3) is 0.611. The summed E-state index contributed by atoms with van der Waals surface area (Å²) >= 11 is 12.1. The first-order chi connectivity index (χ1) is 12.2. The van der Waals surface area contributed by atoms with Crippen LogP contribution in [0, 0.1) is 0 Å². The summed E-state index contributed by atoms with van der Waals surface area (Å²) in [6.07, 6.45) is 3.38. The minimum Gasteiger partial charge on any atom is -0.375 e. The van der Waals surface area contributed by atoms with Gasteiger partial charge < -0.3 is 19.7 Å². The molecule has 1 N–H and O–H groups in total. The van der Waals surface area contributed by atoms with Gasteiger partial charge in [0, 0.05) is 43.3 Å². The van der Waals surface area contributed by atoms with Crippen LogP contribution in [0.3, 0.4) is 0 Å². The van der Waals surface area contributed by atoms with Gasteiger partial charge in [-0.2, -0.15) is 0 Å². The van der Waals surface area contributed by atoms with Crippen LogP contribution in [0.25, 0.3) is 0 Å². The first kappa shape index (κ1) is 18.8. The average molecular weight is 386 g/mol. The Hall–Kier alpha value is -1.01. The predicted molar refractivity (Wildman–Crippen MR) is 102 cm³/mol. The molecule has 0 amide bonds. The number of rotatable bonds is 4. The summed E-state index contributed by atoms with van der Waals surface area (Å²) in [4.78, 5) is 6.67. The molecule has 138 valence electrons. The topological polar surface area (TPSA) is 46.1 Å². The summed E-state index contributed by atoms with van der Waals surface area (Å²) in [6.45, 7) is 3.97. The van der Waals surface area contributed by atoms with Crippen molar-refractivity contribution in [2.75, 3.05) is 39.9 Å². The second-order valence-electron chi connectivity index (χ2n) is 6.41. The molecule has 1 aromatic carbocycles. The van der Waals surface area contributed by atoms with Crippen LogP contribution < -0.4 is 5.32 Å². The third kappa shape index (κ3) is 5.23. The largest absolute Gasteiger partial charge is 0.375 e. The Bertz CT molecular complexity index is 586. The molecule has 2 saturated heterocycles. The number of benzene rings is 1. The van der Waals surface area contributed by atoms with Gasteiger partial charge in [0.25, 0.3) is 0 Å². The lowest BCUT2D eigenvalue weighted by Crippen LogP contribution is -2.53. The Morgan fingerprint density at radius 2 is 1.96 bits per heavy atom. The van der Waals surface area contributed by atoms with E-state index in [9.17, 15) is 0 Å². The number of ether oxygens (including phenoxy) is 2. The Labute approximate surface area is 159 Å². The highest BCUT2D eigenvalue weighted by atomic mass is 35.5. The highest BCUT2D eigenvalue weighted by Gasteiger charge is 2.32. The van der Waals surface area contributed by atoms with E-state index in [4.69, 9.17) is 32.7 Å². The number of hydrogen-bond acceptors (Lipinski definition) is 3. The molecule has 0 aromatic heterocycles. The lowest BCUT2D eigenvalue weighted by atomic mass is 10.1. The van der Waals surface area contributed by atoms with Crippen molar-refractivity contribution in [3.8, 4) is 0 Å². The minimum absolute atomic E-state index is 0.126. The SMILES string of the molecule is CN=C(NCCc1cc(Cl)cc(Cl)c1)N1CCOC(C2CCCO2)C1. The van der Waals surface area contributed by atoms with Crippen LogP contribution in [-0.2, 0) is 15.9 Å². The van der Waals surface area contributed by atoms with Gasteiger partial charge in [0.1, 0.15) is 6.10 Å². The molecule has 2 heterocycles. The number of guanidine groups is 1. The van der Waals surface area contributed by atoms with E-state index in [1.54, 1.807) is 6.07 Å². The molecule has 0 saturated carbocycles. The summed E-state index contributed by atoms with van der Waals surface area (Å²) in [5.74, 6) is 0.902. The van der Waals surface area contributed by atoms with E-state index in [0.29, 0.717) is 16.7 Å². The molecule has 0 bridgehead atoms. The van der Waals surface area contributed by atoms with Gasteiger partial charge in [-0.25, -0.2) is 0 Å². The molecule has 7 heteroatoms. The highest BCUT2D eigenvalue weighted by molar-refractivity contribution is 6.34. The summed E-state index contributed by atoms with van der Waals surface area (Å²) < 4.78 is 11.7. The Morgan fingerprint density at radius 3 is 2.64 bits per heavy atom. The number of halogens is 2. The van der Waals surface area contributed by atoms with Crippen LogP contribution in [0.5, 0.6) is 0 Å². The van der Waals surface area contributed by atoms with Gasteiger partial charge in [0.2, 0.25) is 0 Å². The molecule has 2 atom stereocenters. The van der Waals surface area contributed by atoms with Gasteiger partial charge in [0.05, 0.1) is 12.7 Å². The molecule has 0 aliphatic carbocycles. The van der Waals surface area contributed by atoms with Gasteiger partial charge in [-0.1, -0.05) is 23.2 Å². The molecule has 0 radical (unpaired) electrons. The zero-order valence-electron chi connectivity index (χ0n) is 14.5. The monoisotopic (exact) mass is 385 g/mol. The van der Waals surface area contributed by atoms with Crippen molar-refractivity contribution in [3.05, 3.63) is 33.8 Å². The second-order valence-corrected chi connectivity index (χ2v) is 7.28. The van der Waals surface area contributed by atoms with Crippen LogP contribution >= 0.6 is 23.2 Å². The van der Waals surface area contributed by atoms with Crippen LogP contribution in [-0.4, -0.2) is 63.0 Å². The summed E-state index contributed by atoms with van der Waals surface area (Å²) in [5, 5.41) is 4.76. The third-order valence-electron chi connectivity index (χ3n) is 4.60. The first-order valence-corrected chi connectivity index (χ1v) is 9.55. The maximum atomic E-state index is 6.06. The van der Waals surface area contributed by atoms with Crippen LogP contribution in [0.2, 0.25) is 10.0 Å². The first-order valence-electron chi connectivity index (χ1n) is 8.79. The fourth-order valence-corrected chi connectivity index (χ4v) is 3.97. The highest BCUT2D eigenvalue weighted by Crippen LogP contribution is 2.21. The Morgan fingerprint density at radius 1 is 1.20 bits per heavy atom. The van der Waals surface area contributed by atoms with Gasteiger partial charge in [-0.15, -0.1) is 0 Å². The summed E-state index contributed by atoms with van der Waals surface area (Å²) in [6, 6.07) is 5.64. The third-order valence-corrected chi connectivity index (χ3v) is 5.04. The van der Waals surface area contributed by atoms with E-state index in [0.717, 1.165) is 57.0 Å². The molecule has 2 unspecified atom stereocenters. The molecule has 2 aliphatic heterocycles. The predicted octanol–water partition coefficient (Wildman–Crippen LogP) is 2.99. The Balaban J connectivity index is 1.51. The van der Waals surface area contributed by atoms with E-state index in [2.05, 4.69) is 15.2 Å². The van der Waals surface area contributed by atoms with Gasteiger partial charge in [-0.05, 0) is 43.0 Å². The van der Waals surface area contributed by atoms with Gasteiger partial charge in [-0.3, -0.25) is 4.99 Å². The van der Waals surface area contributed by atoms with Crippen molar-refractivity contribution in [1.82, 2.24) is 10.2 Å². The molecule has 5 nitrogen and oxygen atoms in total. The molecule has 2 fully saturated rings. The van der Waals surface area contributed by atoms with Crippen LogP contribution in [0.4, 0.5) is 0 Å². The van der Waals surface area contributed by atoms with Crippen molar-refractivity contribution in [2.24, 2.45) is 4.99 Å². The molecule has 3 rings (SSSR count). The zero-order valence-corrected chi connectivity index (χ0v) is 16.0. The minimum atomic E-state index is 0.126. The van der Waals surface area contributed by atoms with E-state index in [1.165, 1.54) is 0 Å². The number of nitrogens with zero attached hydrogens (tertiary/aromatic N) is 2. The van der Waals surface area contributed by atoms with Gasteiger partial charge >= 0.3 is 0 Å². The standard InChI is InChI=1S/C18H25Cl2N3O2/c1-21-18(22-5-4-13-9-14(19)11-15(20)10-13)23-6-8-25-17(12-23)16-3-2-7-24-16/h9-11,16-17H,2-8,12H2,1H3,(H,21,22). The fourth-order valence-electron chi connectivity index (χ4n) is 3.39. The van der Waals surface area contributed by atoms with Crippen LogP contribution in [0.15, 0.2) is 23.2 Å². The van der Waals surface area contributed by atoms with Crippen molar-refractivity contribution in [3.63, 3.8) is 0 Å². The van der Waals surface area contributed by atoms with Crippen molar-refractivity contribution < 1.29 is 9.47 Å². The number of morpholine rings is 1. The molecular formula is C18H25Cl2N3O2. The van der Waals surface area contributed by atoms with E-state index >= 15 is 0 Å². The lowest BCUT2D eigenvalue weighted by Gasteiger charge is -2.37. The zero-order chi connectivity index (χ0) is 17.6. The summed E-state index contributed by atoms with van der Waals surface area (Å²) in [7, 11) is 1.81. The molecule has 25 heavy (non-hydrogen) atoms. The average Bonchev–Trinajstić information content (AvgIpc) is 3.13. The van der Waals surface area contributed by atoms with Gasteiger partial charge in [0.15, 0.2) is 5.96 Å². The van der Waals surface area contributed by atoms with Crippen LogP contribution in [0.1, 0.15) is 18.4 Å². The molecule has 2 aliphatic rings. The molecule has 1 aromatic rings. The molecule has 0 spiro atoms. The van der Waals surface area contributed by atoms with Crippen molar-refractivity contribution >= 4 is 29.2 Å². The number of hydrogen-bond donors (Lipinski definition) is 1. The van der Waals surface area contributed by atoms with Crippen molar-refractivity contribution in [2.45, 2.75) is 31.5 Å². The Kier molecular flexibility index (Phi) is 6.82. The smallest absolute Gasteiger partial charge is 0.193 e. The maximum Gasteiger partial charge on any atom is 0.193 e. The van der Waals surface area contributed by atoms with Crippen molar-refractivity contribution in [1.29, 1.82) is 0 Å².